The Morgan fingerprint density at radius 3 is 2.91 bits per heavy atom. The monoisotopic (exact) mass is 482 g/mol. The first-order chi connectivity index (χ1) is 15.9. The van der Waals surface area contributed by atoms with Gasteiger partial charge in [0.25, 0.3) is 0 Å². The molecule has 8 nitrogen and oxygen atoms in total. The van der Waals surface area contributed by atoms with Crippen LogP contribution in [0.2, 0.25) is 5.02 Å². The summed E-state index contributed by atoms with van der Waals surface area (Å²) in [5.74, 6) is 1.05. The van der Waals surface area contributed by atoms with Crippen molar-refractivity contribution in [2.24, 2.45) is 0 Å². The molecule has 1 saturated heterocycles. The second-order valence-electron chi connectivity index (χ2n) is 8.31. The minimum atomic E-state index is -0.401. The summed E-state index contributed by atoms with van der Waals surface area (Å²) in [6.07, 6.45) is 2.82. The molecule has 5 rings (SSSR count). The second-order valence-corrected chi connectivity index (χ2v) is 9.70. The smallest absolute Gasteiger partial charge is 0.208 e. The van der Waals surface area contributed by atoms with Crippen LogP contribution in [0, 0.1) is 0 Å². The number of nitrogens with one attached hydrogen (secondary N) is 1. The zero-order valence-electron chi connectivity index (χ0n) is 18.2. The number of aromatic nitrogens is 3. The number of hydrogen-bond donors (Lipinski definition) is 2. The summed E-state index contributed by atoms with van der Waals surface area (Å²) in [5.41, 5.74) is 8.33. The van der Waals surface area contributed by atoms with Crippen LogP contribution >= 0.6 is 22.9 Å². The molecule has 1 aliphatic rings. The number of benzene rings is 2. The van der Waals surface area contributed by atoms with Crippen LogP contribution in [0.4, 0.5) is 17.2 Å². The van der Waals surface area contributed by atoms with Crippen LogP contribution in [0.25, 0.3) is 10.9 Å². The first-order valence-corrected chi connectivity index (χ1v) is 11.6. The van der Waals surface area contributed by atoms with E-state index in [0.29, 0.717) is 29.8 Å². The van der Waals surface area contributed by atoms with E-state index in [2.05, 4.69) is 39.0 Å². The van der Waals surface area contributed by atoms with Crippen LogP contribution in [0.1, 0.15) is 18.9 Å². The van der Waals surface area contributed by atoms with Gasteiger partial charge in [-0.15, -0.1) is 11.3 Å². The van der Waals surface area contributed by atoms with E-state index < -0.39 is 6.35 Å². The van der Waals surface area contributed by atoms with E-state index in [1.54, 1.807) is 17.5 Å². The van der Waals surface area contributed by atoms with Crippen molar-refractivity contribution >= 4 is 51.0 Å². The Bertz CT molecular complexity index is 1280. The van der Waals surface area contributed by atoms with Gasteiger partial charge in [0.05, 0.1) is 22.7 Å². The second kappa shape index (κ2) is 8.66. The lowest BCUT2D eigenvalue weighted by Crippen LogP contribution is -2.47. The zero-order chi connectivity index (χ0) is 23.0. The maximum Gasteiger partial charge on any atom is 0.208 e. The van der Waals surface area contributed by atoms with Crippen LogP contribution in [0.15, 0.2) is 54.3 Å². The molecular weight excluding hydrogens is 460 g/mol. The molecule has 0 amide bonds. The SMILES string of the molecule is CC1(C)COC(Nc2ccc3ncnc(N)c3c2)N1c1ccc(OCc2nccs2)c(Cl)c1. The molecule has 0 bridgehead atoms. The van der Waals surface area contributed by atoms with Crippen molar-refractivity contribution in [2.45, 2.75) is 32.3 Å². The van der Waals surface area contributed by atoms with Crippen molar-refractivity contribution in [2.75, 3.05) is 22.6 Å². The molecule has 3 N–H and O–H groups in total. The normalized spacial score (nSPS) is 17.4. The summed E-state index contributed by atoms with van der Waals surface area (Å²) in [7, 11) is 0. The highest BCUT2D eigenvalue weighted by Gasteiger charge is 2.41. The number of nitrogens with two attached hydrogens (primary N) is 1. The van der Waals surface area contributed by atoms with Gasteiger partial charge in [-0.25, -0.2) is 15.0 Å². The van der Waals surface area contributed by atoms with Gasteiger partial charge in [0.1, 0.15) is 29.5 Å². The molecular formula is C23H23ClN6O2S. The van der Waals surface area contributed by atoms with Crippen molar-refractivity contribution in [3.63, 3.8) is 0 Å². The summed E-state index contributed by atoms with van der Waals surface area (Å²) < 4.78 is 12.0. The quantitative estimate of drug-likeness (QED) is 0.400. The summed E-state index contributed by atoms with van der Waals surface area (Å²) >= 11 is 8.12. The van der Waals surface area contributed by atoms with Crippen LogP contribution in [0.5, 0.6) is 5.75 Å². The van der Waals surface area contributed by atoms with Gasteiger partial charge in [0, 0.05) is 28.3 Å². The third-order valence-electron chi connectivity index (χ3n) is 5.47. The Morgan fingerprint density at radius 1 is 1.24 bits per heavy atom. The fourth-order valence-corrected chi connectivity index (χ4v) is 4.62. The summed E-state index contributed by atoms with van der Waals surface area (Å²) in [6, 6.07) is 11.6. The van der Waals surface area contributed by atoms with E-state index in [1.807, 2.05) is 41.8 Å². The Kier molecular flexibility index (Phi) is 5.69. The van der Waals surface area contributed by atoms with Gasteiger partial charge in [-0.1, -0.05) is 11.6 Å². The summed E-state index contributed by atoms with van der Waals surface area (Å²) in [5, 5.41) is 7.59. The third kappa shape index (κ3) is 4.39. The number of thiazole rings is 1. The zero-order valence-corrected chi connectivity index (χ0v) is 19.7. The minimum absolute atomic E-state index is 0.261. The number of rotatable bonds is 6. The average molecular weight is 483 g/mol. The van der Waals surface area contributed by atoms with Gasteiger partial charge < -0.3 is 25.4 Å². The predicted molar refractivity (Wildman–Crippen MR) is 132 cm³/mol. The molecule has 0 spiro atoms. The van der Waals surface area contributed by atoms with Gasteiger partial charge in [0.2, 0.25) is 6.35 Å². The van der Waals surface area contributed by atoms with E-state index in [9.17, 15) is 0 Å². The van der Waals surface area contributed by atoms with Crippen LogP contribution < -0.4 is 20.7 Å². The van der Waals surface area contributed by atoms with E-state index in [0.717, 1.165) is 27.3 Å². The van der Waals surface area contributed by atoms with Crippen LogP contribution in [-0.2, 0) is 11.3 Å². The molecule has 1 unspecified atom stereocenters. The highest BCUT2D eigenvalue weighted by molar-refractivity contribution is 7.09. The van der Waals surface area contributed by atoms with Gasteiger partial charge in [-0.3, -0.25) is 0 Å². The summed E-state index contributed by atoms with van der Waals surface area (Å²) in [6.45, 7) is 5.18. The number of nitrogens with zero attached hydrogens (tertiary/aromatic N) is 4. The van der Waals surface area contributed by atoms with E-state index in [4.69, 9.17) is 26.8 Å². The standard InChI is InChI=1S/C23H23ClN6O2S/c1-23(2)12-32-22(29-14-3-5-18-16(9-14)21(25)28-13-27-18)30(23)15-4-6-19(17(24)10-15)31-11-20-26-7-8-33-20/h3-10,13,22,29H,11-12H2,1-2H3,(H2,25,27,28). The fraction of sp³-hybridized carbons (Fsp3) is 0.261. The van der Waals surface area contributed by atoms with Gasteiger partial charge in [-0.2, -0.15) is 0 Å². The topological polar surface area (TPSA) is 98.4 Å². The van der Waals surface area contributed by atoms with E-state index >= 15 is 0 Å². The molecule has 2 aromatic carbocycles. The van der Waals surface area contributed by atoms with E-state index in [-0.39, 0.29) is 5.54 Å². The Hall–Kier alpha value is -3.14. The molecule has 4 aromatic rings. The van der Waals surface area contributed by atoms with Crippen molar-refractivity contribution in [3.8, 4) is 5.75 Å². The molecule has 0 saturated carbocycles. The van der Waals surface area contributed by atoms with Gasteiger partial charge in [0.15, 0.2) is 0 Å². The number of hydrogen-bond acceptors (Lipinski definition) is 9. The molecule has 0 aliphatic carbocycles. The lowest BCUT2D eigenvalue weighted by molar-refractivity contribution is 0.125. The molecule has 2 aromatic heterocycles. The first kappa shape index (κ1) is 21.7. The number of anilines is 3. The molecule has 0 radical (unpaired) electrons. The van der Waals surface area contributed by atoms with Crippen molar-refractivity contribution in [1.29, 1.82) is 0 Å². The molecule has 1 fully saturated rings. The van der Waals surface area contributed by atoms with Crippen LogP contribution in [-0.4, -0.2) is 33.4 Å². The van der Waals surface area contributed by atoms with Crippen LogP contribution in [0.3, 0.4) is 0 Å². The van der Waals surface area contributed by atoms with Crippen molar-refractivity contribution in [3.05, 3.63) is 64.3 Å². The molecule has 10 heteroatoms. The maximum atomic E-state index is 6.57. The molecule has 170 valence electrons. The number of halogens is 1. The number of nitrogen functional groups attached to an aromatic ring is 1. The Balaban J connectivity index is 1.38. The molecule has 3 heterocycles. The van der Waals surface area contributed by atoms with E-state index in [1.165, 1.54) is 6.33 Å². The fourth-order valence-electron chi connectivity index (χ4n) is 3.86. The van der Waals surface area contributed by atoms with Gasteiger partial charge >= 0.3 is 0 Å². The van der Waals surface area contributed by atoms with Gasteiger partial charge in [-0.05, 0) is 50.2 Å². The number of ether oxygens (including phenoxy) is 2. The average Bonchev–Trinajstić information content (AvgIpc) is 3.41. The first-order valence-electron chi connectivity index (χ1n) is 10.4. The highest BCUT2D eigenvalue weighted by Crippen LogP contribution is 2.38. The summed E-state index contributed by atoms with van der Waals surface area (Å²) in [4.78, 5) is 14.7. The van der Waals surface area contributed by atoms with Crippen molar-refractivity contribution < 1.29 is 9.47 Å². The Morgan fingerprint density at radius 2 is 2.12 bits per heavy atom. The largest absolute Gasteiger partial charge is 0.485 e. The highest BCUT2D eigenvalue weighted by atomic mass is 35.5. The third-order valence-corrected chi connectivity index (χ3v) is 6.51. The predicted octanol–water partition coefficient (Wildman–Crippen LogP) is 4.91. The molecule has 1 atom stereocenters. The maximum absolute atomic E-state index is 6.57. The Labute approximate surface area is 200 Å². The molecule has 33 heavy (non-hydrogen) atoms. The number of fused-ring (bicyclic) bond motifs is 1. The van der Waals surface area contributed by atoms with Crippen molar-refractivity contribution in [1.82, 2.24) is 15.0 Å². The molecule has 1 aliphatic heterocycles. The lowest BCUT2D eigenvalue weighted by Gasteiger charge is -2.36. The lowest BCUT2D eigenvalue weighted by atomic mass is 10.0. The minimum Gasteiger partial charge on any atom is -0.485 e.